The third-order valence-electron chi connectivity index (χ3n) is 5.07. The fraction of sp³-hybridized carbons (Fsp3) is 0.400. The predicted molar refractivity (Wildman–Crippen MR) is 101 cm³/mol. The van der Waals surface area contributed by atoms with E-state index in [2.05, 4.69) is 24.0 Å². The molecule has 1 saturated heterocycles. The summed E-state index contributed by atoms with van der Waals surface area (Å²) in [6.45, 7) is 8.73. The fourth-order valence-electron chi connectivity index (χ4n) is 3.26. The molecule has 0 aromatic heterocycles. The lowest BCUT2D eigenvalue weighted by molar-refractivity contribution is 0.122. The molecule has 1 atom stereocenters. The molecule has 0 amide bonds. The van der Waals surface area contributed by atoms with Crippen LogP contribution in [-0.4, -0.2) is 43.3 Å². The Balaban J connectivity index is 1.72. The van der Waals surface area contributed by atoms with Gasteiger partial charge in [0.1, 0.15) is 0 Å². The number of piperazine rings is 1. The van der Waals surface area contributed by atoms with E-state index in [1.165, 1.54) is 5.56 Å². The zero-order chi connectivity index (χ0) is 18.0. The molecule has 25 heavy (non-hydrogen) atoms. The first-order valence-electron chi connectivity index (χ1n) is 8.73. The highest BCUT2D eigenvalue weighted by molar-refractivity contribution is 7.89. The van der Waals surface area contributed by atoms with E-state index in [1.807, 2.05) is 38.1 Å². The number of hydrogen-bond donors (Lipinski definition) is 0. The van der Waals surface area contributed by atoms with Gasteiger partial charge in [0, 0.05) is 32.2 Å². The summed E-state index contributed by atoms with van der Waals surface area (Å²) in [4.78, 5) is 2.75. The van der Waals surface area contributed by atoms with Gasteiger partial charge >= 0.3 is 0 Å². The summed E-state index contributed by atoms with van der Waals surface area (Å²) >= 11 is 0. The van der Waals surface area contributed by atoms with Crippen molar-refractivity contribution in [3.63, 3.8) is 0 Å². The molecule has 1 heterocycles. The van der Waals surface area contributed by atoms with E-state index < -0.39 is 10.0 Å². The van der Waals surface area contributed by atoms with Crippen LogP contribution in [0, 0.1) is 13.8 Å². The van der Waals surface area contributed by atoms with E-state index in [4.69, 9.17) is 0 Å². The second-order valence-electron chi connectivity index (χ2n) is 6.91. The van der Waals surface area contributed by atoms with Crippen LogP contribution in [0.2, 0.25) is 0 Å². The maximum Gasteiger partial charge on any atom is 0.243 e. The van der Waals surface area contributed by atoms with Crippen molar-refractivity contribution in [2.24, 2.45) is 0 Å². The smallest absolute Gasteiger partial charge is 0.243 e. The number of rotatable bonds is 4. The summed E-state index contributed by atoms with van der Waals surface area (Å²) < 4.78 is 27.6. The minimum Gasteiger partial charge on any atom is -0.294 e. The minimum atomic E-state index is -3.42. The Kier molecular flexibility index (Phi) is 5.27. The molecule has 1 unspecified atom stereocenters. The molecule has 3 rings (SSSR count). The molecule has 0 spiro atoms. The SMILES string of the molecule is Cc1ccc(S(=O)(=O)N2CCN(Cc3ccccc3)C(C)C2)cc1C. The zero-order valence-corrected chi connectivity index (χ0v) is 16.0. The molecular formula is C20H26N2O2S. The first-order valence-corrected chi connectivity index (χ1v) is 10.2. The monoisotopic (exact) mass is 358 g/mol. The highest BCUT2D eigenvalue weighted by Crippen LogP contribution is 2.23. The fourth-order valence-corrected chi connectivity index (χ4v) is 4.85. The number of nitrogens with zero attached hydrogens (tertiary/aromatic N) is 2. The normalized spacial score (nSPS) is 19.9. The van der Waals surface area contributed by atoms with E-state index in [0.717, 1.165) is 24.2 Å². The Bertz CT molecular complexity index is 834. The second kappa shape index (κ2) is 7.28. The molecule has 0 aliphatic carbocycles. The van der Waals surface area contributed by atoms with Gasteiger partial charge in [0.2, 0.25) is 10.0 Å². The van der Waals surface area contributed by atoms with Gasteiger partial charge in [-0.2, -0.15) is 4.31 Å². The number of benzene rings is 2. The van der Waals surface area contributed by atoms with E-state index in [1.54, 1.807) is 16.4 Å². The zero-order valence-electron chi connectivity index (χ0n) is 15.1. The van der Waals surface area contributed by atoms with Crippen LogP contribution in [-0.2, 0) is 16.6 Å². The van der Waals surface area contributed by atoms with Crippen LogP contribution in [0.5, 0.6) is 0 Å². The van der Waals surface area contributed by atoms with Crippen molar-refractivity contribution >= 4 is 10.0 Å². The van der Waals surface area contributed by atoms with E-state index in [-0.39, 0.29) is 6.04 Å². The molecule has 134 valence electrons. The van der Waals surface area contributed by atoms with Gasteiger partial charge in [-0.15, -0.1) is 0 Å². The van der Waals surface area contributed by atoms with Gasteiger partial charge in [-0.3, -0.25) is 4.90 Å². The lowest BCUT2D eigenvalue weighted by Crippen LogP contribution is -2.53. The molecule has 0 saturated carbocycles. The highest BCUT2D eigenvalue weighted by atomic mass is 32.2. The van der Waals surface area contributed by atoms with Crippen molar-refractivity contribution in [2.75, 3.05) is 19.6 Å². The van der Waals surface area contributed by atoms with Gasteiger partial charge < -0.3 is 0 Å². The van der Waals surface area contributed by atoms with Gasteiger partial charge in [-0.05, 0) is 49.6 Å². The van der Waals surface area contributed by atoms with Crippen molar-refractivity contribution in [3.05, 3.63) is 65.2 Å². The van der Waals surface area contributed by atoms with E-state index >= 15 is 0 Å². The molecule has 2 aromatic rings. The van der Waals surface area contributed by atoms with Crippen LogP contribution >= 0.6 is 0 Å². The van der Waals surface area contributed by atoms with Gasteiger partial charge in [0.25, 0.3) is 0 Å². The van der Waals surface area contributed by atoms with Gasteiger partial charge in [-0.1, -0.05) is 36.4 Å². The molecular weight excluding hydrogens is 332 g/mol. The molecule has 1 aliphatic heterocycles. The summed E-state index contributed by atoms with van der Waals surface area (Å²) in [5, 5.41) is 0. The lowest BCUT2D eigenvalue weighted by Gasteiger charge is -2.39. The average molecular weight is 359 g/mol. The summed E-state index contributed by atoms with van der Waals surface area (Å²) in [5.74, 6) is 0. The Hall–Kier alpha value is -1.69. The summed E-state index contributed by atoms with van der Waals surface area (Å²) in [5.41, 5.74) is 3.39. The quantitative estimate of drug-likeness (QED) is 0.843. The van der Waals surface area contributed by atoms with Crippen LogP contribution < -0.4 is 0 Å². The summed E-state index contributed by atoms with van der Waals surface area (Å²) in [6.07, 6.45) is 0. The molecule has 2 aromatic carbocycles. The van der Waals surface area contributed by atoms with Crippen molar-refractivity contribution < 1.29 is 8.42 Å². The Labute approximate surface area is 151 Å². The van der Waals surface area contributed by atoms with Crippen molar-refractivity contribution in [1.29, 1.82) is 0 Å². The summed E-state index contributed by atoms with van der Waals surface area (Å²) in [7, 11) is -3.42. The molecule has 4 nitrogen and oxygen atoms in total. The molecule has 0 radical (unpaired) electrons. The minimum absolute atomic E-state index is 0.190. The highest BCUT2D eigenvalue weighted by Gasteiger charge is 2.32. The molecule has 1 fully saturated rings. The van der Waals surface area contributed by atoms with Gasteiger partial charge in [0.15, 0.2) is 0 Å². The topological polar surface area (TPSA) is 40.6 Å². The van der Waals surface area contributed by atoms with Gasteiger partial charge in [0.05, 0.1) is 4.90 Å². The lowest BCUT2D eigenvalue weighted by atomic mass is 10.1. The standard InChI is InChI=1S/C20H26N2O2S/c1-16-9-10-20(13-17(16)2)25(23,24)22-12-11-21(18(3)14-22)15-19-7-5-4-6-8-19/h4-10,13,18H,11-12,14-15H2,1-3H3. The summed E-state index contributed by atoms with van der Waals surface area (Å²) in [6, 6.07) is 15.9. The third-order valence-corrected chi connectivity index (χ3v) is 6.93. The van der Waals surface area contributed by atoms with Crippen LogP contribution in [0.3, 0.4) is 0 Å². The predicted octanol–water partition coefficient (Wildman–Crippen LogP) is 3.20. The molecule has 0 N–H and O–H groups in total. The number of aryl methyl sites for hydroxylation is 2. The number of hydrogen-bond acceptors (Lipinski definition) is 3. The van der Waals surface area contributed by atoms with E-state index in [0.29, 0.717) is 18.0 Å². The molecule has 0 bridgehead atoms. The van der Waals surface area contributed by atoms with Crippen molar-refractivity contribution in [1.82, 2.24) is 9.21 Å². The van der Waals surface area contributed by atoms with Crippen LogP contribution in [0.25, 0.3) is 0 Å². The Morgan fingerprint density at radius 3 is 2.36 bits per heavy atom. The van der Waals surface area contributed by atoms with Crippen LogP contribution in [0.4, 0.5) is 0 Å². The molecule has 5 heteroatoms. The largest absolute Gasteiger partial charge is 0.294 e. The maximum atomic E-state index is 13.0. The molecule has 1 aliphatic rings. The van der Waals surface area contributed by atoms with Crippen molar-refractivity contribution in [3.8, 4) is 0 Å². The van der Waals surface area contributed by atoms with Crippen LogP contribution in [0.1, 0.15) is 23.6 Å². The van der Waals surface area contributed by atoms with Crippen LogP contribution in [0.15, 0.2) is 53.4 Å². The van der Waals surface area contributed by atoms with Gasteiger partial charge in [-0.25, -0.2) is 8.42 Å². The Morgan fingerprint density at radius 1 is 1.00 bits per heavy atom. The third kappa shape index (κ3) is 3.94. The van der Waals surface area contributed by atoms with E-state index in [9.17, 15) is 8.42 Å². The first-order chi connectivity index (χ1) is 11.9. The average Bonchev–Trinajstić information content (AvgIpc) is 2.60. The number of sulfonamides is 1. The Morgan fingerprint density at radius 2 is 1.72 bits per heavy atom. The second-order valence-corrected chi connectivity index (χ2v) is 8.85. The first kappa shape index (κ1) is 18.1. The maximum absolute atomic E-state index is 13.0. The van der Waals surface area contributed by atoms with Crippen molar-refractivity contribution in [2.45, 2.75) is 38.3 Å².